The number of nitrogens with one attached hydrogen (secondary N) is 1. The summed E-state index contributed by atoms with van der Waals surface area (Å²) in [6.07, 6.45) is 3.25. The van der Waals surface area contributed by atoms with Crippen LogP contribution in [0.25, 0.3) is 11.4 Å². The molecule has 0 aliphatic heterocycles. The Balaban J connectivity index is 1.68. The van der Waals surface area contributed by atoms with Crippen LogP contribution in [0.2, 0.25) is 0 Å². The van der Waals surface area contributed by atoms with Gasteiger partial charge in [0.25, 0.3) is 0 Å². The molecule has 0 aliphatic rings. The molecule has 1 amide bonds. The summed E-state index contributed by atoms with van der Waals surface area (Å²) in [5, 5.41) is 11.9. The van der Waals surface area contributed by atoms with Crippen molar-refractivity contribution in [3.63, 3.8) is 0 Å². The minimum absolute atomic E-state index is 0.0622. The third kappa shape index (κ3) is 4.42. The maximum Gasteiger partial charge on any atom is 0.237 e. The van der Waals surface area contributed by atoms with E-state index in [0.717, 1.165) is 17.1 Å². The topological polar surface area (TPSA) is 73.0 Å². The Morgan fingerprint density at radius 3 is 2.52 bits per heavy atom. The number of hydrogen-bond donors (Lipinski definition) is 1. The van der Waals surface area contributed by atoms with Crippen molar-refractivity contribution in [2.24, 2.45) is 0 Å². The van der Waals surface area contributed by atoms with Crippen LogP contribution in [0.4, 0.5) is 5.69 Å². The first-order chi connectivity index (χ1) is 13.0. The molecule has 3 rings (SSSR count). The van der Waals surface area contributed by atoms with E-state index in [1.807, 2.05) is 48.7 Å². The minimum atomic E-state index is -0.304. The van der Waals surface area contributed by atoms with Crippen LogP contribution in [-0.2, 0) is 11.3 Å². The molecule has 0 bridgehead atoms. The fourth-order valence-electron chi connectivity index (χ4n) is 2.67. The summed E-state index contributed by atoms with van der Waals surface area (Å²) < 4.78 is 7.12. The Bertz CT molecular complexity index is 885. The van der Waals surface area contributed by atoms with E-state index < -0.39 is 0 Å². The molecule has 2 aromatic heterocycles. The van der Waals surface area contributed by atoms with E-state index in [4.69, 9.17) is 4.42 Å². The molecule has 0 spiro atoms. The van der Waals surface area contributed by atoms with Crippen molar-refractivity contribution in [3.8, 4) is 11.4 Å². The molecule has 7 heteroatoms. The largest absolute Gasteiger partial charge is 0.472 e. The van der Waals surface area contributed by atoms with Crippen molar-refractivity contribution in [3.05, 3.63) is 48.4 Å². The Kier molecular flexibility index (Phi) is 6.01. The van der Waals surface area contributed by atoms with Crippen LogP contribution < -0.4 is 5.32 Å². The zero-order valence-electron chi connectivity index (χ0n) is 16.0. The van der Waals surface area contributed by atoms with Crippen molar-refractivity contribution in [2.75, 3.05) is 5.32 Å². The van der Waals surface area contributed by atoms with Crippen molar-refractivity contribution in [1.29, 1.82) is 0 Å². The smallest absolute Gasteiger partial charge is 0.237 e. The third-order valence-electron chi connectivity index (χ3n) is 4.31. The monoisotopic (exact) mass is 384 g/mol. The number of thioether (sulfide) groups is 1. The van der Waals surface area contributed by atoms with Crippen molar-refractivity contribution in [2.45, 2.75) is 50.6 Å². The number of carbonyl (C=O) groups is 1. The molecule has 2 heterocycles. The second kappa shape index (κ2) is 8.43. The first-order valence-corrected chi connectivity index (χ1v) is 9.90. The van der Waals surface area contributed by atoms with E-state index in [-0.39, 0.29) is 11.2 Å². The third-order valence-corrected chi connectivity index (χ3v) is 5.39. The maximum atomic E-state index is 12.6. The van der Waals surface area contributed by atoms with Crippen LogP contribution in [-0.4, -0.2) is 25.9 Å². The standard InChI is InChI=1S/C20H24N4O2S/c1-5-24-18(16-10-11-26-12-16)22-23-20(24)27-14(4)19(25)21-17-8-6-15(7-9-17)13(2)3/h6-14H,5H2,1-4H3,(H,21,25). The first kappa shape index (κ1) is 19.2. The Hall–Kier alpha value is -2.54. The lowest BCUT2D eigenvalue weighted by atomic mass is 10.0. The SMILES string of the molecule is CCn1c(SC(C)C(=O)Nc2ccc(C(C)C)cc2)nnc1-c1ccoc1. The highest BCUT2D eigenvalue weighted by Gasteiger charge is 2.20. The van der Waals surface area contributed by atoms with E-state index in [1.54, 1.807) is 12.5 Å². The van der Waals surface area contributed by atoms with Gasteiger partial charge in [-0.3, -0.25) is 4.79 Å². The van der Waals surface area contributed by atoms with Gasteiger partial charge < -0.3 is 14.3 Å². The number of anilines is 1. The molecule has 0 saturated heterocycles. The Morgan fingerprint density at radius 2 is 1.93 bits per heavy atom. The number of hydrogen-bond acceptors (Lipinski definition) is 5. The number of carbonyl (C=O) groups excluding carboxylic acids is 1. The van der Waals surface area contributed by atoms with Crippen molar-refractivity contribution >= 4 is 23.4 Å². The molecule has 0 aliphatic carbocycles. The molecule has 0 saturated carbocycles. The summed E-state index contributed by atoms with van der Waals surface area (Å²) in [5.41, 5.74) is 2.92. The Morgan fingerprint density at radius 1 is 1.19 bits per heavy atom. The second-order valence-electron chi connectivity index (χ2n) is 6.59. The molecule has 1 aromatic carbocycles. The summed E-state index contributed by atoms with van der Waals surface area (Å²) >= 11 is 1.39. The number of rotatable bonds is 7. The summed E-state index contributed by atoms with van der Waals surface area (Å²) in [7, 11) is 0. The van der Waals surface area contributed by atoms with Crippen LogP contribution in [0.3, 0.4) is 0 Å². The molecule has 142 valence electrons. The summed E-state index contributed by atoms with van der Waals surface area (Å²) in [6.45, 7) is 8.90. The van der Waals surface area contributed by atoms with E-state index in [0.29, 0.717) is 17.6 Å². The zero-order chi connectivity index (χ0) is 19.4. The van der Waals surface area contributed by atoms with Gasteiger partial charge in [-0.2, -0.15) is 0 Å². The van der Waals surface area contributed by atoms with Gasteiger partial charge in [0.15, 0.2) is 11.0 Å². The molecule has 3 aromatic rings. The molecule has 0 radical (unpaired) electrons. The van der Waals surface area contributed by atoms with Gasteiger partial charge in [0.05, 0.1) is 17.1 Å². The lowest BCUT2D eigenvalue weighted by Gasteiger charge is -2.13. The van der Waals surface area contributed by atoms with Crippen molar-refractivity contribution in [1.82, 2.24) is 14.8 Å². The zero-order valence-corrected chi connectivity index (χ0v) is 16.8. The van der Waals surface area contributed by atoms with Gasteiger partial charge >= 0.3 is 0 Å². The van der Waals surface area contributed by atoms with Gasteiger partial charge in [-0.25, -0.2) is 0 Å². The van der Waals surface area contributed by atoms with Gasteiger partial charge in [-0.15, -0.1) is 10.2 Å². The summed E-state index contributed by atoms with van der Waals surface area (Å²) in [6, 6.07) is 9.82. The second-order valence-corrected chi connectivity index (χ2v) is 7.90. The number of nitrogens with zero attached hydrogens (tertiary/aromatic N) is 3. The lowest BCUT2D eigenvalue weighted by Crippen LogP contribution is -2.23. The number of benzene rings is 1. The van der Waals surface area contributed by atoms with Crippen molar-refractivity contribution < 1.29 is 9.21 Å². The number of aromatic nitrogens is 3. The van der Waals surface area contributed by atoms with Crippen LogP contribution >= 0.6 is 11.8 Å². The van der Waals surface area contributed by atoms with Gasteiger partial charge in [0.1, 0.15) is 6.26 Å². The minimum Gasteiger partial charge on any atom is -0.472 e. The molecule has 1 atom stereocenters. The molecule has 1 N–H and O–H groups in total. The van der Waals surface area contributed by atoms with E-state index in [9.17, 15) is 4.79 Å². The van der Waals surface area contributed by atoms with Crippen LogP contribution in [0.1, 0.15) is 39.2 Å². The quantitative estimate of drug-likeness (QED) is 0.592. The number of amides is 1. The van der Waals surface area contributed by atoms with E-state index in [2.05, 4.69) is 29.4 Å². The fourth-order valence-corrected chi connectivity index (χ4v) is 3.59. The molecular formula is C20H24N4O2S. The molecular weight excluding hydrogens is 360 g/mol. The molecule has 6 nitrogen and oxygen atoms in total. The molecule has 27 heavy (non-hydrogen) atoms. The molecule has 0 fully saturated rings. The van der Waals surface area contributed by atoms with Gasteiger partial charge in [0, 0.05) is 12.2 Å². The fraction of sp³-hybridized carbons (Fsp3) is 0.350. The lowest BCUT2D eigenvalue weighted by molar-refractivity contribution is -0.115. The van der Waals surface area contributed by atoms with Crippen LogP contribution in [0.5, 0.6) is 0 Å². The predicted octanol–water partition coefficient (Wildman–Crippen LogP) is 4.80. The van der Waals surface area contributed by atoms with Crippen LogP contribution in [0.15, 0.2) is 52.4 Å². The average Bonchev–Trinajstić information content (AvgIpc) is 3.31. The van der Waals surface area contributed by atoms with E-state index >= 15 is 0 Å². The number of furan rings is 1. The van der Waals surface area contributed by atoms with Gasteiger partial charge in [-0.05, 0) is 43.5 Å². The highest BCUT2D eigenvalue weighted by molar-refractivity contribution is 8.00. The van der Waals surface area contributed by atoms with Crippen LogP contribution in [0, 0.1) is 0 Å². The van der Waals surface area contributed by atoms with E-state index in [1.165, 1.54) is 17.3 Å². The Labute approximate surface area is 163 Å². The predicted molar refractivity (Wildman–Crippen MR) is 108 cm³/mol. The van der Waals surface area contributed by atoms with Gasteiger partial charge in [0.2, 0.25) is 5.91 Å². The van der Waals surface area contributed by atoms with Gasteiger partial charge in [-0.1, -0.05) is 37.7 Å². The normalized spacial score (nSPS) is 12.3. The highest BCUT2D eigenvalue weighted by atomic mass is 32.2. The molecule has 1 unspecified atom stereocenters. The maximum absolute atomic E-state index is 12.6. The summed E-state index contributed by atoms with van der Waals surface area (Å²) in [5.74, 6) is 1.15. The summed E-state index contributed by atoms with van der Waals surface area (Å²) in [4.78, 5) is 12.6. The first-order valence-electron chi connectivity index (χ1n) is 9.02. The average molecular weight is 385 g/mol. The highest BCUT2D eigenvalue weighted by Crippen LogP contribution is 2.27.